The molecule has 1 aromatic heterocycles. The molecule has 5 nitrogen and oxygen atoms in total. The van der Waals surface area contributed by atoms with Gasteiger partial charge >= 0.3 is 0 Å². The van der Waals surface area contributed by atoms with Crippen LogP contribution < -0.4 is 5.32 Å². The summed E-state index contributed by atoms with van der Waals surface area (Å²) in [4.78, 5) is 12.3. The third-order valence-corrected chi connectivity index (χ3v) is 4.55. The van der Waals surface area contributed by atoms with Gasteiger partial charge in [-0.25, -0.2) is 4.68 Å². The highest BCUT2D eigenvalue weighted by atomic mass is 16.3. The van der Waals surface area contributed by atoms with Crippen molar-refractivity contribution in [3.05, 3.63) is 47.8 Å². The van der Waals surface area contributed by atoms with Crippen molar-refractivity contribution < 1.29 is 9.90 Å². The van der Waals surface area contributed by atoms with E-state index in [-0.39, 0.29) is 18.6 Å². The van der Waals surface area contributed by atoms with Gasteiger partial charge in [-0.05, 0) is 68.4 Å². The van der Waals surface area contributed by atoms with Gasteiger partial charge in [0.25, 0.3) is 5.91 Å². The van der Waals surface area contributed by atoms with Crippen LogP contribution in [0.2, 0.25) is 0 Å². The molecule has 1 aliphatic carbocycles. The Balaban J connectivity index is 1.60. The van der Waals surface area contributed by atoms with E-state index in [9.17, 15) is 4.79 Å². The van der Waals surface area contributed by atoms with Crippen molar-refractivity contribution in [3.63, 3.8) is 0 Å². The maximum Gasteiger partial charge on any atom is 0.251 e. The van der Waals surface area contributed by atoms with Crippen LogP contribution in [0.3, 0.4) is 0 Å². The molecule has 1 aliphatic rings. The summed E-state index contributed by atoms with van der Waals surface area (Å²) >= 11 is 0. The van der Waals surface area contributed by atoms with E-state index in [2.05, 4.69) is 10.4 Å². The van der Waals surface area contributed by atoms with Gasteiger partial charge in [-0.15, -0.1) is 0 Å². The van der Waals surface area contributed by atoms with Gasteiger partial charge in [-0.3, -0.25) is 4.79 Å². The number of hydrogen-bond acceptors (Lipinski definition) is 3. The molecule has 23 heavy (non-hydrogen) atoms. The Morgan fingerprint density at radius 1 is 1.26 bits per heavy atom. The van der Waals surface area contributed by atoms with Crippen LogP contribution in [0.4, 0.5) is 0 Å². The molecule has 0 aliphatic heterocycles. The van der Waals surface area contributed by atoms with Crippen LogP contribution in [0.25, 0.3) is 5.69 Å². The van der Waals surface area contributed by atoms with Crippen LogP contribution in [-0.4, -0.2) is 33.4 Å². The number of carbonyl (C=O) groups is 1. The summed E-state index contributed by atoms with van der Waals surface area (Å²) in [5.74, 6) is 0.376. The van der Waals surface area contributed by atoms with Gasteiger partial charge in [-0.1, -0.05) is 0 Å². The van der Waals surface area contributed by atoms with Crippen LogP contribution in [0.1, 0.15) is 41.6 Å². The minimum Gasteiger partial charge on any atom is -0.396 e. The minimum atomic E-state index is -0.0272. The van der Waals surface area contributed by atoms with Crippen molar-refractivity contribution in [2.45, 2.75) is 38.6 Å². The van der Waals surface area contributed by atoms with Gasteiger partial charge in [0.15, 0.2) is 0 Å². The molecule has 0 radical (unpaired) electrons. The van der Waals surface area contributed by atoms with E-state index in [0.29, 0.717) is 11.5 Å². The SMILES string of the molecule is Cc1cnn(-c2ccc(C(=O)NC3CCC(CO)CC3)cc2)c1. The van der Waals surface area contributed by atoms with Gasteiger partial charge in [0.1, 0.15) is 0 Å². The zero-order valence-corrected chi connectivity index (χ0v) is 13.4. The van der Waals surface area contributed by atoms with E-state index in [1.807, 2.05) is 43.6 Å². The predicted molar refractivity (Wildman–Crippen MR) is 88.6 cm³/mol. The summed E-state index contributed by atoms with van der Waals surface area (Å²) in [6.45, 7) is 2.26. The molecule has 0 saturated heterocycles. The number of aryl methyl sites for hydroxylation is 1. The zero-order chi connectivity index (χ0) is 16.2. The molecule has 2 N–H and O–H groups in total. The topological polar surface area (TPSA) is 67.2 Å². The number of carbonyl (C=O) groups excluding carboxylic acids is 1. The molecule has 1 amide bonds. The number of rotatable bonds is 4. The van der Waals surface area contributed by atoms with E-state index in [1.54, 1.807) is 4.68 Å². The molecule has 0 spiro atoms. The van der Waals surface area contributed by atoms with Crippen LogP contribution in [0, 0.1) is 12.8 Å². The minimum absolute atomic E-state index is 0.0272. The first-order chi connectivity index (χ1) is 11.2. The summed E-state index contributed by atoms with van der Waals surface area (Å²) in [5.41, 5.74) is 2.71. The summed E-state index contributed by atoms with van der Waals surface area (Å²) in [5, 5.41) is 16.5. The van der Waals surface area contributed by atoms with Crippen LogP contribution in [0.5, 0.6) is 0 Å². The average molecular weight is 313 g/mol. The molecule has 0 unspecified atom stereocenters. The average Bonchev–Trinajstić information content (AvgIpc) is 3.02. The molecule has 1 fully saturated rings. The van der Waals surface area contributed by atoms with E-state index in [1.165, 1.54) is 0 Å². The Bertz CT molecular complexity index is 655. The van der Waals surface area contributed by atoms with Gasteiger partial charge in [0, 0.05) is 24.4 Å². The second-order valence-electron chi connectivity index (χ2n) is 6.38. The summed E-state index contributed by atoms with van der Waals surface area (Å²) in [6, 6.07) is 7.70. The van der Waals surface area contributed by atoms with Gasteiger partial charge < -0.3 is 10.4 Å². The molecule has 0 atom stereocenters. The van der Waals surface area contributed by atoms with E-state index < -0.39 is 0 Å². The first-order valence-electron chi connectivity index (χ1n) is 8.19. The highest BCUT2D eigenvalue weighted by molar-refractivity contribution is 5.94. The third kappa shape index (κ3) is 3.79. The number of nitrogens with one attached hydrogen (secondary N) is 1. The molecular weight excluding hydrogens is 290 g/mol. The summed E-state index contributed by atoms with van der Waals surface area (Å²) in [6.07, 6.45) is 7.62. The number of amides is 1. The smallest absolute Gasteiger partial charge is 0.251 e. The molecule has 1 heterocycles. The molecule has 122 valence electrons. The maximum atomic E-state index is 12.3. The second kappa shape index (κ2) is 6.96. The maximum absolute atomic E-state index is 12.3. The van der Waals surface area contributed by atoms with Crippen molar-refractivity contribution in [3.8, 4) is 5.69 Å². The first-order valence-corrected chi connectivity index (χ1v) is 8.19. The van der Waals surface area contributed by atoms with Crippen molar-refractivity contribution in [1.82, 2.24) is 15.1 Å². The Kier molecular flexibility index (Phi) is 4.76. The highest BCUT2D eigenvalue weighted by Gasteiger charge is 2.22. The fourth-order valence-corrected chi connectivity index (χ4v) is 3.08. The molecule has 0 bridgehead atoms. The lowest BCUT2D eigenvalue weighted by atomic mass is 9.86. The number of benzene rings is 1. The zero-order valence-electron chi connectivity index (χ0n) is 13.4. The van der Waals surface area contributed by atoms with E-state index >= 15 is 0 Å². The normalized spacial score (nSPS) is 21.1. The lowest BCUT2D eigenvalue weighted by Gasteiger charge is -2.27. The molecular formula is C18H23N3O2. The summed E-state index contributed by atoms with van der Waals surface area (Å²) in [7, 11) is 0. The Morgan fingerprint density at radius 2 is 1.96 bits per heavy atom. The number of nitrogens with zero attached hydrogens (tertiary/aromatic N) is 2. The lowest BCUT2D eigenvalue weighted by Crippen LogP contribution is -2.38. The number of aromatic nitrogens is 2. The lowest BCUT2D eigenvalue weighted by molar-refractivity contribution is 0.0914. The van der Waals surface area contributed by atoms with Crippen molar-refractivity contribution in [2.75, 3.05) is 6.61 Å². The van der Waals surface area contributed by atoms with Crippen molar-refractivity contribution >= 4 is 5.91 Å². The van der Waals surface area contributed by atoms with Gasteiger partial charge in [0.05, 0.1) is 11.9 Å². The van der Waals surface area contributed by atoms with Crippen molar-refractivity contribution in [1.29, 1.82) is 0 Å². The van der Waals surface area contributed by atoms with Crippen LogP contribution >= 0.6 is 0 Å². The number of hydrogen-bond donors (Lipinski definition) is 2. The molecule has 2 aromatic rings. The fourth-order valence-electron chi connectivity index (χ4n) is 3.08. The Morgan fingerprint density at radius 3 is 2.52 bits per heavy atom. The molecule has 5 heteroatoms. The predicted octanol–water partition coefficient (Wildman–Crippen LogP) is 2.46. The Labute approximate surface area is 136 Å². The van der Waals surface area contributed by atoms with E-state index in [4.69, 9.17) is 5.11 Å². The second-order valence-corrected chi connectivity index (χ2v) is 6.38. The monoisotopic (exact) mass is 313 g/mol. The van der Waals surface area contributed by atoms with Gasteiger partial charge in [0.2, 0.25) is 0 Å². The fraction of sp³-hybridized carbons (Fsp3) is 0.444. The largest absolute Gasteiger partial charge is 0.396 e. The highest BCUT2D eigenvalue weighted by Crippen LogP contribution is 2.24. The molecule has 3 rings (SSSR count). The van der Waals surface area contributed by atoms with Crippen LogP contribution in [-0.2, 0) is 0 Å². The summed E-state index contributed by atoms with van der Waals surface area (Å²) < 4.78 is 1.80. The first kappa shape index (κ1) is 15.7. The number of aliphatic hydroxyl groups excluding tert-OH is 1. The van der Waals surface area contributed by atoms with Crippen molar-refractivity contribution in [2.24, 2.45) is 5.92 Å². The number of aliphatic hydroxyl groups is 1. The van der Waals surface area contributed by atoms with Gasteiger partial charge in [-0.2, -0.15) is 5.10 Å². The molecule has 1 saturated carbocycles. The quantitative estimate of drug-likeness (QED) is 0.911. The Hall–Kier alpha value is -2.14. The molecule has 1 aromatic carbocycles. The van der Waals surface area contributed by atoms with Crippen LogP contribution in [0.15, 0.2) is 36.7 Å². The van der Waals surface area contributed by atoms with E-state index in [0.717, 1.165) is 36.9 Å². The standard InChI is InChI=1S/C18H23N3O2/c1-13-10-19-21(11-13)17-8-4-15(5-9-17)18(23)20-16-6-2-14(12-22)3-7-16/h4-5,8-11,14,16,22H,2-3,6-7,12H2,1H3,(H,20,23). The third-order valence-electron chi connectivity index (χ3n) is 4.55.